The minimum Gasteiger partial charge on any atom is -0.504 e. The zero-order chi connectivity index (χ0) is 21.3. The van der Waals surface area contributed by atoms with Crippen LogP contribution in [0.2, 0.25) is 5.02 Å². The van der Waals surface area contributed by atoms with Crippen LogP contribution in [0.25, 0.3) is 0 Å². The number of methoxy groups -OCH3 is 1. The SMILES string of the molecule is COc1cc(C2CC(=O)Nc3nc(SCc4cccc(Cl)c4)[nH]c(=O)c32)ccc1O. The molecule has 2 heterocycles. The Balaban J connectivity index is 1.67. The van der Waals surface area contributed by atoms with Gasteiger partial charge in [-0.1, -0.05) is 41.6 Å². The number of amides is 1. The second-order valence-electron chi connectivity index (χ2n) is 6.79. The number of phenolic OH excluding ortho intramolecular Hbond substituents is 1. The first kappa shape index (κ1) is 20.3. The van der Waals surface area contributed by atoms with E-state index in [1.54, 1.807) is 18.2 Å². The van der Waals surface area contributed by atoms with Gasteiger partial charge in [0.2, 0.25) is 5.91 Å². The fraction of sp³-hybridized carbons (Fsp3) is 0.190. The van der Waals surface area contributed by atoms with Gasteiger partial charge in [-0.05, 0) is 35.4 Å². The van der Waals surface area contributed by atoms with Crippen molar-refractivity contribution in [2.24, 2.45) is 0 Å². The van der Waals surface area contributed by atoms with E-state index in [9.17, 15) is 14.7 Å². The third kappa shape index (κ3) is 4.15. The van der Waals surface area contributed by atoms with Crippen LogP contribution in [0.4, 0.5) is 5.82 Å². The molecule has 0 aliphatic carbocycles. The minimum atomic E-state index is -0.494. The molecule has 3 N–H and O–H groups in total. The number of aromatic hydroxyl groups is 1. The zero-order valence-corrected chi connectivity index (χ0v) is 17.5. The Hall–Kier alpha value is -2.97. The van der Waals surface area contributed by atoms with Crippen molar-refractivity contribution in [1.82, 2.24) is 9.97 Å². The molecule has 1 aromatic heterocycles. The number of carbonyl (C=O) groups is 1. The summed E-state index contributed by atoms with van der Waals surface area (Å²) in [4.78, 5) is 32.5. The summed E-state index contributed by atoms with van der Waals surface area (Å²) < 4.78 is 5.16. The summed E-state index contributed by atoms with van der Waals surface area (Å²) in [5.41, 5.74) is 1.75. The summed E-state index contributed by atoms with van der Waals surface area (Å²) in [5.74, 6) is 0.352. The van der Waals surface area contributed by atoms with Crippen molar-refractivity contribution in [2.75, 3.05) is 12.4 Å². The molecule has 30 heavy (non-hydrogen) atoms. The summed E-state index contributed by atoms with van der Waals surface area (Å²) in [7, 11) is 1.44. The summed E-state index contributed by atoms with van der Waals surface area (Å²) in [6.45, 7) is 0. The maximum Gasteiger partial charge on any atom is 0.257 e. The Labute approximate surface area is 181 Å². The second kappa shape index (κ2) is 8.41. The number of nitrogens with zero attached hydrogens (tertiary/aromatic N) is 1. The number of rotatable bonds is 5. The van der Waals surface area contributed by atoms with Crippen molar-refractivity contribution in [3.05, 3.63) is 74.5 Å². The Kier molecular flexibility index (Phi) is 5.69. The van der Waals surface area contributed by atoms with Gasteiger partial charge in [0.05, 0.1) is 12.7 Å². The van der Waals surface area contributed by atoms with Gasteiger partial charge in [0, 0.05) is 23.1 Å². The summed E-state index contributed by atoms with van der Waals surface area (Å²) in [6, 6.07) is 12.2. The van der Waals surface area contributed by atoms with E-state index in [1.165, 1.54) is 24.9 Å². The van der Waals surface area contributed by atoms with Gasteiger partial charge in [-0.15, -0.1) is 0 Å². The lowest BCUT2D eigenvalue weighted by Gasteiger charge is -2.25. The standard InChI is InChI=1S/C21H18ClN3O4S/c1-29-16-8-12(5-6-15(16)26)14-9-17(27)23-19-18(14)20(28)25-21(24-19)30-10-11-3-2-4-13(22)7-11/h2-8,14,26H,9-10H2,1H3,(H2,23,24,25,27,28). The molecule has 2 aromatic carbocycles. The fourth-order valence-electron chi connectivity index (χ4n) is 3.39. The monoisotopic (exact) mass is 443 g/mol. The molecule has 0 radical (unpaired) electrons. The van der Waals surface area contributed by atoms with Gasteiger partial charge in [0.1, 0.15) is 5.82 Å². The van der Waals surface area contributed by atoms with E-state index in [-0.39, 0.29) is 35.2 Å². The van der Waals surface area contributed by atoms with E-state index in [1.807, 2.05) is 18.2 Å². The molecule has 0 saturated carbocycles. The number of anilines is 1. The number of hydrogen-bond donors (Lipinski definition) is 3. The smallest absolute Gasteiger partial charge is 0.257 e. The molecule has 3 aromatic rings. The minimum absolute atomic E-state index is 0.0125. The van der Waals surface area contributed by atoms with E-state index in [0.29, 0.717) is 27.1 Å². The van der Waals surface area contributed by atoms with Crippen molar-refractivity contribution in [3.63, 3.8) is 0 Å². The van der Waals surface area contributed by atoms with Gasteiger partial charge in [-0.25, -0.2) is 4.98 Å². The largest absolute Gasteiger partial charge is 0.504 e. The Morgan fingerprint density at radius 2 is 2.10 bits per heavy atom. The Morgan fingerprint density at radius 3 is 2.87 bits per heavy atom. The lowest BCUT2D eigenvalue weighted by atomic mass is 9.86. The Bertz CT molecular complexity index is 1180. The molecule has 1 unspecified atom stereocenters. The van der Waals surface area contributed by atoms with E-state index >= 15 is 0 Å². The van der Waals surface area contributed by atoms with Gasteiger partial charge in [0.25, 0.3) is 5.56 Å². The number of halogens is 1. The first-order valence-electron chi connectivity index (χ1n) is 9.13. The van der Waals surface area contributed by atoms with Crippen LogP contribution in [0.15, 0.2) is 52.4 Å². The molecule has 0 saturated heterocycles. The number of nitrogens with one attached hydrogen (secondary N) is 2. The van der Waals surface area contributed by atoms with Crippen LogP contribution in [-0.4, -0.2) is 28.1 Å². The van der Waals surface area contributed by atoms with Gasteiger partial charge in [-0.2, -0.15) is 0 Å². The van der Waals surface area contributed by atoms with Crippen LogP contribution >= 0.6 is 23.4 Å². The summed E-state index contributed by atoms with van der Waals surface area (Å²) >= 11 is 7.36. The highest BCUT2D eigenvalue weighted by atomic mass is 35.5. The summed E-state index contributed by atoms with van der Waals surface area (Å²) in [6.07, 6.45) is 0.0979. The lowest BCUT2D eigenvalue weighted by Crippen LogP contribution is -2.31. The van der Waals surface area contributed by atoms with Gasteiger partial charge >= 0.3 is 0 Å². The number of aromatic amines is 1. The highest BCUT2D eigenvalue weighted by Gasteiger charge is 2.31. The first-order chi connectivity index (χ1) is 14.4. The van der Waals surface area contributed by atoms with Crippen LogP contribution in [-0.2, 0) is 10.5 Å². The van der Waals surface area contributed by atoms with E-state index in [0.717, 1.165) is 5.56 Å². The molecule has 1 aliphatic rings. The predicted octanol–water partition coefficient (Wildman–Crippen LogP) is 3.90. The number of fused-ring (bicyclic) bond motifs is 1. The third-order valence-electron chi connectivity index (χ3n) is 4.80. The second-order valence-corrected chi connectivity index (χ2v) is 8.19. The molecule has 0 spiro atoms. The van der Waals surface area contributed by atoms with Crippen LogP contribution in [0, 0.1) is 0 Å². The molecule has 1 aliphatic heterocycles. The number of H-pyrrole nitrogens is 1. The first-order valence-corrected chi connectivity index (χ1v) is 10.5. The number of phenols is 1. The van der Waals surface area contributed by atoms with Crippen molar-refractivity contribution >= 4 is 35.1 Å². The van der Waals surface area contributed by atoms with Crippen molar-refractivity contribution in [3.8, 4) is 11.5 Å². The molecule has 154 valence electrons. The van der Waals surface area contributed by atoms with Gasteiger partial charge in [-0.3, -0.25) is 9.59 Å². The number of benzene rings is 2. The Morgan fingerprint density at radius 1 is 1.27 bits per heavy atom. The summed E-state index contributed by atoms with van der Waals surface area (Å²) in [5, 5.41) is 13.6. The van der Waals surface area contributed by atoms with Gasteiger partial charge in [0.15, 0.2) is 16.7 Å². The average Bonchev–Trinajstić information content (AvgIpc) is 2.72. The highest BCUT2D eigenvalue weighted by molar-refractivity contribution is 7.98. The molecule has 0 fully saturated rings. The normalized spacial score (nSPS) is 15.4. The third-order valence-corrected chi connectivity index (χ3v) is 5.98. The molecule has 7 nitrogen and oxygen atoms in total. The van der Waals surface area contributed by atoms with Crippen LogP contribution in [0.3, 0.4) is 0 Å². The topological polar surface area (TPSA) is 104 Å². The van der Waals surface area contributed by atoms with Crippen LogP contribution < -0.4 is 15.6 Å². The highest BCUT2D eigenvalue weighted by Crippen LogP contribution is 2.38. The number of aromatic nitrogens is 2. The number of thioether (sulfide) groups is 1. The van der Waals surface area contributed by atoms with Crippen molar-refractivity contribution in [2.45, 2.75) is 23.2 Å². The molecule has 1 atom stereocenters. The molecule has 1 amide bonds. The van der Waals surface area contributed by atoms with Crippen molar-refractivity contribution < 1.29 is 14.6 Å². The molecule has 4 rings (SSSR count). The quantitative estimate of drug-likeness (QED) is 0.408. The van der Waals surface area contributed by atoms with Crippen LogP contribution in [0.1, 0.15) is 29.0 Å². The van der Waals surface area contributed by atoms with Crippen molar-refractivity contribution in [1.29, 1.82) is 0 Å². The average molecular weight is 444 g/mol. The molecular weight excluding hydrogens is 426 g/mol. The van der Waals surface area contributed by atoms with E-state index < -0.39 is 5.92 Å². The number of hydrogen-bond acceptors (Lipinski definition) is 6. The molecular formula is C21H18ClN3O4S. The molecule has 9 heteroatoms. The van der Waals surface area contributed by atoms with E-state index in [4.69, 9.17) is 16.3 Å². The predicted molar refractivity (Wildman–Crippen MR) is 116 cm³/mol. The van der Waals surface area contributed by atoms with E-state index in [2.05, 4.69) is 15.3 Å². The van der Waals surface area contributed by atoms with Crippen LogP contribution in [0.5, 0.6) is 11.5 Å². The maximum atomic E-state index is 12.9. The zero-order valence-electron chi connectivity index (χ0n) is 15.9. The molecule has 0 bridgehead atoms. The van der Waals surface area contributed by atoms with Gasteiger partial charge < -0.3 is 20.1 Å². The number of ether oxygens (including phenoxy) is 1. The fourth-order valence-corrected chi connectivity index (χ4v) is 4.41. The number of carbonyl (C=O) groups excluding carboxylic acids is 1. The maximum absolute atomic E-state index is 12.9. The lowest BCUT2D eigenvalue weighted by molar-refractivity contribution is -0.116.